The zero-order valence-electron chi connectivity index (χ0n) is 13.1. The highest BCUT2D eigenvalue weighted by Gasteiger charge is 2.14. The molecule has 0 saturated carbocycles. The quantitative estimate of drug-likeness (QED) is 0.833. The number of nitrogens with one attached hydrogen (secondary N) is 2. The van der Waals surface area contributed by atoms with Crippen molar-refractivity contribution in [3.63, 3.8) is 0 Å². The Balaban J connectivity index is 0.00000208. The van der Waals surface area contributed by atoms with E-state index in [2.05, 4.69) is 26.0 Å². The predicted molar refractivity (Wildman–Crippen MR) is 94.1 cm³/mol. The van der Waals surface area contributed by atoms with Crippen molar-refractivity contribution < 1.29 is 4.79 Å². The topological polar surface area (TPSA) is 84.7 Å². The standard InChI is InChI=1S/C15H19ClN6O.ClH/c16-13-5-3-12(4-6-13)15-19-21-22(20-15)10-14(23)18-9-11-2-1-7-17-8-11;/h3-6,11,17H,1-2,7-10H2,(H,18,23);1H. The van der Waals surface area contributed by atoms with Crippen LogP contribution in [0.3, 0.4) is 0 Å². The summed E-state index contributed by atoms with van der Waals surface area (Å²) >= 11 is 5.85. The monoisotopic (exact) mass is 370 g/mol. The van der Waals surface area contributed by atoms with Gasteiger partial charge in [-0.3, -0.25) is 4.79 Å². The number of aromatic nitrogens is 4. The Bertz CT molecular complexity index is 654. The number of piperidine rings is 1. The molecular weight excluding hydrogens is 351 g/mol. The zero-order chi connectivity index (χ0) is 16.1. The number of benzene rings is 1. The minimum absolute atomic E-state index is 0. The second kappa shape index (κ2) is 8.96. The van der Waals surface area contributed by atoms with E-state index in [4.69, 9.17) is 11.6 Å². The number of rotatable bonds is 5. The Hall–Kier alpha value is -1.70. The van der Waals surface area contributed by atoms with Crippen LogP contribution in [0, 0.1) is 5.92 Å². The SMILES string of the molecule is Cl.O=C(Cn1nnc(-c2ccc(Cl)cc2)n1)NCC1CCCNC1. The molecule has 0 spiro atoms. The number of hydrogen-bond donors (Lipinski definition) is 2. The average molecular weight is 371 g/mol. The smallest absolute Gasteiger partial charge is 0.243 e. The Labute approximate surface area is 151 Å². The molecule has 1 saturated heterocycles. The molecule has 2 N–H and O–H groups in total. The summed E-state index contributed by atoms with van der Waals surface area (Å²) < 4.78 is 0. The summed E-state index contributed by atoms with van der Waals surface area (Å²) in [5.74, 6) is 0.877. The fraction of sp³-hybridized carbons (Fsp3) is 0.467. The molecule has 1 aliphatic rings. The molecule has 2 aromatic rings. The van der Waals surface area contributed by atoms with Gasteiger partial charge in [-0.05, 0) is 61.3 Å². The molecule has 2 heterocycles. The fourth-order valence-electron chi connectivity index (χ4n) is 2.57. The van der Waals surface area contributed by atoms with Crippen molar-refractivity contribution in [2.45, 2.75) is 19.4 Å². The average Bonchev–Trinajstić information content (AvgIpc) is 3.03. The molecule has 130 valence electrons. The van der Waals surface area contributed by atoms with Gasteiger partial charge in [0.05, 0.1) is 0 Å². The van der Waals surface area contributed by atoms with E-state index in [0.717, 1.165) is 31.5 Å². The molecule has 7 nitrogen and oxygen atoms in total. The van der Waals surface area contributed by atoms with E-state index < -0.39 is 0 Å². The fourth-order valence-corrected chi connectivity index (χ4v) is 2.69. The maximum absolute atomic E-state index is 12.0. The van der Waals surface area contributed by atoms with Gasteiger partial charge in [0, 0.05) is 17.1 Å². The molecule has 0 aliphatic carbocycles. The van der Waals surface area contributed by atoms with Crippen molar-refractivity contribution in [1.82, 2.24) is 30.8 Å². The van der Waals surface area contributed by atoms with Crippen molar-refractivity contribution >= 4 is 29.9 Å². The van der Waals surface area contributed by atoms with Gasteiger partial charge in [0.2, 0.25) is 11.7 Å². The maximum atomic E-state index is 12.0. The van der Waals surface area contributed by atoms with Crippen LogP contribution in [0.25, 0.3) is 11.4 Å². The number of nitrogens with zero attached hydrogens (tertiary/aromatic N) is 4. The highest BCUT2D eigenvalue weighted by molar-refractivity contribution is 6.30. The first kappa shape index (κ1) is 18.6. The van der Waals surface area contributed by atoms with Gasteiger partial charge in [-0.2, -0.15) is 4.80 Å². The van der Waals surface area contributed by atoms with Crippen LogP contribution >= 0.6 is 24.0 Å². The molecule has 1 unspecified atom stereocenters. The first-order valence-electron chi connectivity index (χ1n) is 7.72. The summed E-state index contributed by atoms with van der Waals surface area (Å²) in [6.07, 6.45) is 2.31. The van der Waals surface area contributed by atoms with E-state index in [9.17, 15) is 4.79 Å². The number of carbonyl (C=O) groups excluding carboxylic acids is 1. The van der Waals surface area contributed by atoms with Crippen LogP contribution in [0.4, 0.5) is 0 Å². The van der Waals surface area contributed by atoms with Gasteiger partial charge in [-0.25, -0.2) is 0 Å². The van der Waals surface area contributed by atoms with Gasteiger partial charge in [-0.15, -0.1) is 22.6 Å². The number of hydrogen-bond acceptors (Lipinski definition) is 5. The lowest BCUT2D eigenvalue weighted by Crippen LogP contribution is -2.39. The largest absolute Gasteiger partial charge is 0.354 e. The van der Waals surface area contributed by atoms with Gasteiger partial charge in [0.1, 0.15) is 6.54 Å². The van der Waals surface area contributed by atoms with Crippen LogP contribution in [-0.4, -0.2) is 45.7 Å². The molecule has 9 heteroatoms. The van der Waals surface area contributed by atoms with Crippen molar-refractivity contribution in [2.24, 2.45) is 5.92 Å². The molecule has 1 fully saturated rings. The molecule has 1 aromatic carbocycles. The Morgan fingerprint density at radius 3 is 2.88 bits per heavy atom. The molecule has 1 atom stereocenters. The third-order valence-electron chi connectivity index (χ3n) is 3.83. The van der Waals surface area contributed by atoms with Crippen molar-refractivity contribution in [1.29, 1.82) is 0 Å². The second-order valence-electron chi connectivity index (χ2n) is 5.67. The minimum atomic E-state index is -0.101. The Morgan fingerprint density at radius 2 is 2.17 bits per heavy atom. The van der Waals surface area contributed by atoms with Gasteiger partial charge in [0.25, 0.3) is 0 Å². The van der Waals surface area contributed by atoms with Crippen LogP contribution in [0.5, 0.6) is 0 Å². The van der Waals surface area contributed by atoms with E-state index in [1.165, 1.54) is 4.80 Å². The molecule has 1 aliphatic heterocycles. The number of tetrazole rings is 1. The Morgan fingerprint density at radius 1 is 1.38 bits per heavy atom. The van der Waals surface area contributed by atoms with Crippen molar-refractivity contribution in [2.75, 3.05) is 19.6 Å². The van der Waals surface area contributed by atoms with Gasteiger partial charge >= 0.3 is 0 Å². The Kier molecular flexibility index (Phi) is 6.96. The van der Waals surface area contributed by atoms with Gasteiger partial charge < -0.3 is 10.6 Å². The summed E-state index contributed by atoms with van der Waals surface area (Å²) in [6.45, 7) is 2.79. The highest BCUT2D eigenvalue weighted by atomic mass is 35.5. The molecule has 24 heavy (non-hydrogen) atoms. The normalized spacial score (nSPS) is 17.1. The molecule has 3 rings (SSSR count). The first-order valence-corrected chi connectivity index (χ1v) is 8.09. The van der Waals surface area contributed by atoms with E-state index in [1.54, 1.807) is 12.1 Å². The van der Waals surface area contributed by atoms with Crippen LogP contribution in [-0.2, 0) is 11.3 Å². The van der Waals surface area contributed by atoms with Gasteiger partial charge in [-0.1, -0.05) is 11.6 Å². The van der Waals surface area contributed by atoms with Crippen LogP contribution in [0.2, 0.25) is 5.02 Å². The van der Waals surface area contributed by atoms with E-state index in [1.807, 2.05) is 12.1 Å². The molecular formula is C15H20Cl2N6O. The summed E-state index contributed by atoms with van der Waals surface area (Å²) in [4.78, 5) is 13.3. The molecule has 0 bridgehead atoms. The van der Waals surface area contributed by atoms with Crippen LogP contribution in [0.1, 0.15) is 12.8 Å². The maximum Gasteiger partial charge on any atom is 0.243 e. The van der Waals surface area contributed by atoms with Crippen LogP contribution < -0.4 is 10.6 Å². The summed E-state index contributed by atoms with van der Waals surface area (Å²) in [5.41, 5.74) is 0.814. The van der Waals surface area contributed by atoms with E-state index >= 15 is 0 Å². The van der Waals surface area contributed by atoms with E-state index in [-0.39, 0.29) is 24.9 Å². The minimum Gasteiger partial charge on any atom is -0.354 e. The second-order valence-corrected chi connectivity index (χ2v) is 6.10. The van der Waals surface area contributed by atoms with Crippen molar-refractivity contribution in [3.8, 4) is 11.4 Å². The lowest BCUT2D eigenvalue weighted by molar-refractivity contribution is -0.122. The number of amides is 1. The summed E-state index contributed by atoms with van der Waals surface area (Å²) in [5, 5.41) is 19.0. The van der Waals surface area contributed by atoms with Gasteiger partial charge in [0.15, 0.2) is 0 Å². The predicted octanol–water partition coefficient (Wildman–Crippen LogP) is 1.53. The summed E-state index contributed by atoms with van der Waals surface area (Å²) in [6, 6.07) is 7.17. The van der Waals surface area contributed by atoms with E-state index in [0.29, 0.717) is 23.3 Å². The van der Waals surface area contributed by atoms with Crippen LogP contribution in [0.15, 0.2) is 24.3 Å². The molecule has 0 radical (unpaired) electrons. The lowest BCUT2D eigenvalue weighted by atomic mass is 10.00. The number of halogens is 2. The summed E-state index contributed by atoms with van der Waals surface area (Å²) in [7, 11) is 0. The first-order chi connectivity index (χ1) is 11.2. The third-order valence-corrected chi connectivity index (χ3v) is 4.08. The zero-order valence-corrected chi connectivity index (χ0v) is 14.7. The van der Waals surface area contributed by atoms with Crippen molar-refractivity contribution in [3.05, 3.63) is 29.3 Å². The lowest BCUT2D eigenvalue weighted by Gasteiger charge is -2.22. The molecule has 1 amide bonds. The number of carbonyl (C=O) groups is 1. The third kappa shape index (κ3) is 5.15. The highest BCUT2D eigenvalue weighted by Crippen LogP contribution is 2.16. The molecule has 1 aromatic heterocycles.